The minimum Gasteiger partial charge on any atom is -0.347 e. The summed E-state index contributed by atoms with van der Waals surface area (Å²) in [5, 5.41) is 2.58. The normalized spacial score (nSPS) is 8.42. The number of hydrogen-bond donors (Lipinski definition) is 2. The van der Waals surface area contributed by atoms with E-state index < -0.39 is 0 Å². The van der Waals surface area contributed by atoms with Crippen molar-refractivity contribution in [3.8, 4) is 11.8 Å². The molecule has 0 aliphatic carbocycles. The van der Waals surface area contributed by atoms with E-state index in [1.165, 1.54) is 0 Å². The molecule has 0 atom stereocenters. The Balaban J connectivity index is 2.35. The largest absolute Gasteiger partial charge is 0.347 e. The van der Waals surface area contributed by atoms with Crippen LogP contribution in [0.1, 0.15) is 12.7 Å². The first-order chi connectivity index (χ1) is 5.83. The van der Waals surface area contributed by atoms with Gasteiger partial charge in [-0.1, -0.05) is 5.92 Å². The summed E-state index contributed by atoms with van der Waals surface area (Å²) in [5.41, 5.74) is 0. The average Bonchev–Trinajstić information content (AvgIpc) is 2.53. The maximum atomic E-state index is 10.8. The fraction of sp³-hybridized carbons (Fsp3) is 0.250. The van der Waals surface area contributed by atoms with E-state index in [9.17, 15) is 4.79 Å². The zero-order chi connectivity index (χ0) is 8.81. The molecule has 1 rings (SSSR count). The van der Waals surface area contributed by atoms with E-state index in [0.29, 0.717) is 6.54 Å². The summed E-state index contributed by atoms with van der Waals surface area (Å²) in [5.74, 6) is 5.31. The Bertz CT molecular complexity index is 305. The highest BCUT2D eigenvalue weighted by molar-refractivity contribution is 5.93. The molecule has 12 heavy (non-hydrogen) atoms. The van der Waals surface area contributed by atoms with Crippen molar-refractivity contribution < 1.29 is 4.79 Å². The molecule has 1 aromatic heterocycles. The summed E-state index contributed by atoms with van der Waals surface area (Å²) < 4.78 is 0. The van der Waals surface area contributed by atoms with Crippen LogP contribution in [-0.2, 0) is 11.3 Å². The Morgan fingerprint density at radius 3 is 3.25 bits per heavy atom. The molecule has 0 aliphatic rings. The number of nitrogens with zero attached hydrogens (tertiary/aromatic N) is 1. The van der Waals surface area contributed by atoms with Gasteiger partial charge in [0.15, 0.2) is 0 Å². The Labute approximate surface area is 70.4 Å². The van der Waals surface area contributed by atoms with E-state index in [0.717, 1.165) is 5.82 Å². The molecule has 0 aliphatic heterocycles. The number of nitrogens with one attached hydrogen (secondary N) is 2. The predicted molar refractivity (Wildman–Crippen MR) is 43.9 cm³/mol. The number of aromatic nitrogens is 2. The maximum absolute atomic E-state index is 10.8. The van der Waals surface area contributed by atoms with Gasteiger partial charge in [0, 0.05) is 12.4 Å². The lowest BCUT2D eigenvalue weighted by Gasteiger charge is -1.95. The fourth-order valence-electron chi connectivity index (χ4n) is 0.716. The molecule has 1 amide bonds. The zero-order valence-electron chi connectivity index (χ0n) is 6.72. The van der Waals surface area contributed by atoms with E-state index in [1.54, 1.807) is 19.3 Å². The summed E-state index contributed by atoms with van der Waals surface area (Å²) in [6, 6.07) is 0. The number of hydrogen-bond acceptors (Lipinski definition) is 2. The number of imidazole rings is 1. The molecule has 2 N–H and O–H groups in total. The van der Waals surface area contributed by atoms with Crippen molar-refractivity contribution in [1.29, 1.82) is 0 Å². The summed E-state index contributed by atoms with van der Waals surface area (Å²) in [6.45, 7) is 2.01. The highest BCUT2D eigenvalue weighted by atomic mass is 16.1. The predicted octanol–water partition coefficient (Wildman–Crippen LogP) is 0.0492. The Morgan fingerprint density at radius 1 is 1.83 bits per heavy atom. The first kappa shape index (κ1) is 8.34. The van der Waals surface area contributed by atoms with Crippen LogP contribution in [-0.4, -0.2) is 15.9 Å². The Kier molecular flexibility index (Phi) is 2.91. The topological polar surface area (TPSA) is 57.8 Å². The molecule has 0 fully saturated rings. The highest BCUT2D eigenvalue weighted by Crippen LogP contribution is 1.85. The van der Waals surface area contributed by atoms with Crippen molar-refractivity contribution in [2.45, 2.75) is 13.5 Å². The van der Waals surface area contributed by atoms with Gasteiger partial charge in [-0.25, -0.2) is 4.98 Å². The second-order valence-electron chi connectivity index (χ2n) is 2.09. The third-order valence-corrected chi connectivity index (χ3v) is 1.21. The standard InChI is InChI=1S/C8H9N3O/c1-2-3-8(12)11-6-7-9-4-5-10-7/h4-5H,6H2,1H3,(H,9,10)(H,11,12). The van der Waals surface area contributed by atoms with Gasteiger partial charge in [0.25, 0.3) is 5.91 Å². The molecule has 4 nitrogen and oxygen atoms in total. The second kappa shape index (κ2) is 4.19. The quantitative estimate of drug-likeness (QED) is 0.605. The Morgan fingerprint density at radius 2 is 2.67 bits per heavy atom. The van der Waals surface area contributed by atoms with Crippen LogP contribution >= 0.6 is 0 Å². The van der Waals surface area contributed by atoms with E-state index in [2.05, 4.69) is 27.1 Å². The van der Waals surface area contributed by atoms with Gasteiger partial charge in [-0.2, -0.15) is 0 Å². The van der Waals surface area contributed by atoms with Gasteiger partial charge in [0.2, 0.25) is 0 Å². The lowest BCUT2D eigenvalue weighted by Crippen LogP contribution is -2.21. The van der Waals surface area contributed by atoms with Crippen molar-refractivity contribution in [2.75, 3.05) is 0 Å². The third kappa shape index (κ3) is 2.46. The molecule has 62 valence electrons. The molecule has 1 heterocycles. The van der Waals surface area contributed by atoms with Crippen molar-refractivity contribution in [2.24, 2.45) is 0 Å². The van der Waals surface area contributed by atoms with Crippen LogP contribution in [0.25, 0.3) is 0 Å². The smallest absolute Gasteiger partial charge is 0.296 e. The average molecular weight is 163 g/mol. The summed E-state index contributed by atoms with van der Waals surface area (Å²) in [4.78, 5) is 17.6. The van der Waals surface area contributed by atoms with Crippen LogP contribution in [0, 0.1) is 11.8 Å². The zero-order valence-corrected chi connectivity index (χ0v) is 6.72. The first-order valence-corrected chi connectivity index (χ1v) is 3.52. The minimum atomic E-state index is -0.283. The molecule has 0 bridgehead atoms. The van der Waals surface area contributed by atoms with Crippen LogP contribution in [0.4, 0.5) is 0 Å². The highest BCUT2D eigenvalue weighted by Gasteiger charge is 1.96. The van der Waals surface area contributed by atoms with Crippen molar-refractivity contribution in [1.82, 2.24) is 15.3 Å². The van der Waals surface area contributed by atoms with Gasteiger partial charge in [-0.15, -0.1) is 0 Å². The van der Waals surface area contributed by atoms with Crippen molar-refractivity contribution in [3.63, 3.8) is 0 Å². The van der Waals surface area contributed by atoms with Gasteiger partial charge in [-0.3, -0.25) is 4.79 Å². The second-order valence-corrected chi connectivity index (χ2v) is 2.09. The van der Waals surface area contributed by atoms with Gasteiger partial charge in [-0.05, 0) is 12.8 Å². The minimum absolute atomic E-state index is 0.283. The fourth-order valence-corrected chi connectivity index (χ4v) is 0.716. The Hall–Kier alpha value is -1.76. The van der Waals surface area contributed by atoms with Crippen LogP contribution < -0.4 is 5.32 Å². The molecule has 0 aromatic carbocycles. The van der Waals surface area contributed by atoms with Gasteiger partial charge < -0.3 is 10.3 Å². The first-order valence-electron chi connectivity index (χ1n) is 3.52. The van der Waals surface area contributed by atoms with Crippen LogP contribution in [0.2, 0.25) is 0 Å². The van der Waals surface area contributed by atoms with Crippen molar-refractivity contribution >= 4 is 5.91 Å². The van der Waals surface area contributed by atoms with E-state index in [-0.39, 0.29) is 5.91 Å². The van der Waals surface area contributed by atoms with E-state index in [4.69, 9.17) is 0 Å². The molecule has 0 spiro atoms. The monoisotopic (exact) mass is 163 g/mol. The van der Waals surface area contributed by atoms with Gasteiger partial charge in [0.05, 0.1) is 6.54 Å². The van der Waals surface area contributed by atoms with Crippen LogP contribution in [0.15, 0.2) is 12.4 Å². The molecule has 1 aromatic rings. The molecule has 4 heteroatoms. The van der Waals surface area contributed by atoms with Gasteiger partial charge >= 0.3 is 0 Å². The molecule has 0 saturated heterocycles. The van der Waals surface area contributed by atoms with Crippen molar-refractivity contribution in [3.05, 3.63) is 18.2 Å². The number of carbonyl (C=O) groups is 1. The van der Waals surface area contributed by atoms with Gasteiger partial charge in [0.1, 0.15) is 5.82 Å². The molecular weight excluding hydrogens is 154 g/mol. The van der Waals surface area contributed by atoms with E-state index >= 15 is 0 Å². The lowest BCUT2D eigenvalue weighted by atomic mass is 10.5. The number of rotatable bonds is 2. The lowest BCUT2D eigenvalue weighted by molar-refractivity contribution is -0.115. The SMILES string of the molecule is CC#CC(=O)NCc1ncc[nH]1. The number of aromatic amines is 1. The van der Waals surface area contributed by atoms with E-state index in [1.807, 2.05) is 0 Å². The number of H-pyrrole nitrogens is 1. The van der Waals surface area contributed by atoms with Crippen LogP contribution in [0.3, 0.4) is 0 Å². The summed E-state index contributed by atoms with van der Waals surface area (Å²) >= 11 is 0. The molecular formula is C8H9N3O. The number of amides is 1. The molecule has 0 unspecified atom stereocenters. The summed E-state index contributed by atoms with van der Waals surface area (Å²) in [7, 11) is 0. The third-order valence-electron chi connectivity index (χ3n) is 1.21. The van der Waals surface area contributed by atoms with Crippen LogP contribution in [0.5, 0.6) is 0 Å². The summed E-state index contributed by atoms with van der Waals surface area (Å²) in [6.07, 6.45) is 3.33. The molecule has 0 radical (unpaired) electrons. The molecule has 0 saturated carbocycles. The maximum Gasteiger partial charge on any atom is 0.296 e. The number of carbonyl (C=O) groups excluding carboxylic acids is 1.